The third-order valence-corrected chi connectivity index (χ3v) is 9.25. The molecule has 0 atom stereocenters. The number of rotatable bonds is 6. The normalized spacial score (nSPS) is 11.8. The second-order valence-electron chi connectivity index (χ2n) is 11.0. The monoisotopic (exact) mass is 627 g/mol. The molecular weight excluding hydrogens is 597 g/mol. The number of carbonyl (C=O) groups excluding carboxylic acids is 1. The summed E-state index contributed by atoms with van der Waals surface area (Å²) >= 11 is 0. The molecule has 0 saturated heterocycles. The first kappa shape index (κ1) is 29.8. The van der Waals surface area contributed by atoms with Crippen LogP contribution in [0.3, 0.4) is 0 Å². The summed E-state index contributed by atoms with van der Waals surface area (Å²) in [5.74, 6) is -0.499. The highest BCUT2D eigenvalue weighted by atomic mass is 32.2. The van der Waals surface area contributed by atoms with Crippen LogP contribution in [-0.2, 0) is 24.1 Å². The van der Waals surface area contributed by atoms with E-state index in [0.29, 0.717) is 38.9 Å². The van der Waals surface area contributed by atoms with Crippen molar-refractivity contribution in [1.82, 2.24) is 19.7 Å². The minimum Gasteiger partial charge on any atom is -0.455 e. The maximum absolute atomic E-state index is 14.7. The van der Waals surface area contributed by atoms with E-state index in [9.17, 15) is 22.4 Å². The number of sulfonamides is 1. The van der Waals surface area contributed by atoms with E-state index >= 15 is 0 Å². The summed E-state index contributed by atoms with van der Waals surface area (Å²) in [6.07, 6.45) is 1.07. The Morgan fingerprint density at radius 2 is 1.71 bits per heavy atom. The molecule has 45 heavy (non-hydrogen) atoms. The predicted molar refractivity (Wildman–Crippen MR) is 173 cm³/mol. The molecule has 1 amide bonds. The van der Waals surface area contributed by atoms with E-state index < -0.39 is 27.3 Å². The highest BCUT2D eigenvalue weighted by Crippen LogP contribution is 2.41. The lowest BCUT2D eigenvalue weighted by Crippen LogP contribution is -2.26. The number of anilines is 1. The van der Waals surface area contributed by atoms with E-state index in [1.54, 1.807) is 48.0 Å². The van der Waals surface area contributed by atoms with Crippen LogP contribution in [0.4, 0.5) is 10.1 Å². The van der Waals surface area contributed by atoms with E-state index in [0.717, 1.165) is 20.8 Å². The van der Waals surface area contributed by atoms with Crippen LogP contribution in [0.1, 0.15) is 15.9 Å². The summed E-state index contributed by atoms with van der Waals surface area (Å²) < 4.78 is 50.6. The summed E-state index contributed by atoms with van der Waals surface area (Å²) in [5.41, 5.74) is 3.90. The van der Waals surface area contributed by atoms with Crippen molar-refractivity contribution in [1.29, 1.82) is 0 Å². The van der Waals surface area contributed by atoms with E-state index in [-0.39, 0.29) is 28.1 Å². The molecule has 0 bridgehead atoms. The maximum Gasteiger partial charge on any atom is 0.275 e. The number of amides is 1. The van der Waals surface area contributed by atoms with Crippen LogP contribution in [0.25, 0.3) is 55.7 Å². The molecule has 12 heteroatoms. The molecule has 10 nitrogen and oxygen atoms in total. The molecule has 0 aliphatic rings. The molecule has 3 aromatic carbocycles. The fourth-order valence-electron chi connectivity index (χ4n) is 5.54. The zero-order chi connectivity index (χ0) is 32.4. The van der Waals surface area contributed by atoms with Crippen molar-refractivity contribution in [3.63, 3.8) is 0 Å². The maximum atomic E-state index is 14.7. The molecule has 0 unspecified atom stereocenters. The number of benzene rings is 3. The molecule has 3 aromatic heterocycles. The van der Waals surface area contributed by atoms with Crippen molar-refractivity contribution in [2.75, 3.05) is 24.7 Å². The Morgan fingerprint density at radius 1 is 1.00 bits per heavy atom. The van der Waals surface area contributed by atoms with Gasteiger partial charge in [-0.3, -0.25) is 13.9 Å². The number of hydrogen-bond donors (Lipinski definition) is 1. The van der Waals surface area contributed by atoms with Gasteiger partial charge in [0.05, 0.1) is 40.0 Å². The Balaban J connectivity index is 1.68. The number of nitrogens with one attached hydrogen (secondary N) is 1. The average Bonchev–Trinajstić information content (AvgIpc) is 3.55. The third-order valence-electron chi connectivity index (χ3n) is 8.06. The molecule has 0 aliphatic heterocycles. The van der Waals surface area contributed by atoms with Gasteiger partial charge < -0.3 is 14.3 Å². The Kier molecular flexibility index (Phi) is 7.12. The van der Waals surface area contributed by atoms with Crippen LogP contribution in [-0.4, -0.2) is 49.0 Å². The lowest BCUT2D eigenvalue weighted by atomic mass is 10.00. The number of hydrogen-bond acceptors (Lipinski definition) is 6. The zero-order valence-electron chi connectivity index (χ0n) is 25.5. The molecule has 230 valence electrons. The van der Waals surface area contributed by atoms with E-state index in [1.807, 2.05) is 31.2 Å². The van der Waals surface area contributed by atoms with Gasteiger partial charge in [-0.05, 0) is 37.3 Å². The quantitative estimate of drug-likeness (QED) is 0.270. The van der Waals surface area contributed by atoms with Crippen molar-refractivity contribution in [2.24, 2.45) is 14.1 Å². The van der Waals surface area contributed by atoms with Gasteiger partial charge in [0, 0.05) is 56.2 Å². The van der Waals surface area contributed by atoms with Crippen molar-refractivity contribution in [3.8, 4) is 33.8 Å². The van der Waals surface area contributed by atoms with Gasteiger partial charge in [0.15, 0.2) is 0 Å². The number of nitrogens with zero attached hydrogens (tertiary/aromatic N) is 4. The van der Waals surface area contributed by atoms with E-state index in [4.69, 9.17) is 4.42 Å². The van der Waals surface area contributed by atoms with Crippen LogP contribution in [0, 0.1) is 12.7 Å². The number of aromatic nitrogens is 3. The Morgan fingerprint density at radius 3 is 2.36 bits per heavy atom. The minimum absolute atomic E-state index is 0.220. The standard InChI is InChI=1S/C33H30FN5O5S/c1-18-10-12-19(13-11-18)31-30(32(40)35-2)23-14-21(28(17-29(23)44-31)39(5)45(6,42)43)25-15-22(33(41)38(4)36-25)27-16-20-24(34)8-7-9-26(20)37(27)3/h7-17H,1-6H3,(H,35,40). The number of halogens is 1. The Bertz CT molecular complexity index is 2340. The van der Waals surface area contributed by atoms with Gasteiger partial charge in [-0.25, -0.2) is 17.5 Å². The van der Waals surface area contributed by atoms with Gasteiger partial charge in [-0.15, -0.1) is 0 Å². The number of fused-ring (bicyclic) bond motifs is 2. The van der Waals surface area contributed by atoms with Crippen LogP contribution < -0.4 is 15.2 Å². The van der Waals surface area contributed by atoms with Gasteiger partial charge in [0.25, 0.3) is 11.5 Å². The van der Waals surface area contributed by atoms with E-state index in [1.165, 1.54) is 27.2 Å². The van der Waals surface area contributed by atoms with Crippen molar-refractivity contribution < 1.29 is 22.0 Å². The van der Waals surface area contributed by atoms with Gasteiger partial charge in [-0.1, -0.05) is 35.9 Å². The van der Waals surface area contributed by atoms with Gasteiger partial charge in [0.1, 0.15) is 17.2 Å². The Hall–Kier alpha value is -5.23. The first-order chi connectivity index (χ1) is 21.3. The van der Waals surface area contributed by atoms with Gasteiger partial charge in [-0.2, -0.15) is 5.10 Å². The van der Waals surface area contributed by atoms with Crippen molar-refractivity contribution in [3.05, 3.63) is 94.0 Å². The smallest absolute Gasteiger partial charge is 0.275 e. The number of carbonyl (C=O) groups is 1. The van der Waals surface area contributed by atoms with Gasteiger partial charge >= 0.3 is 0 Å². The minimum atomic E-state index is -3.78. The van der Waals surface area contributed by atoms with Crippen molar-refractivity contribution >= 4 is 43.5 Å². The van der Waals surface area contributed by atoms with Crippen LogP contribution in [0.5, 0.6) is 0 Å². The lowest BCUT2D eigenvalue weighted by molar-refractivity contribution is 0.0964. The largest absolute Gasteiger partial charge is 0.455 e. The molecule has 0 radical (unpaired) electrons. The highest BCUT2D eigenvalue weighted by Gasteiger charge is 2.27. The first-order valence-electron chi connectivity index (χ1n) is 14.0. The first-order valence-corrected chi connectivity index (χ1v) is 15.8. The Labute approximate surface area is 258 Å². The number of furan rings is 1. The summed E-state index contributed by atoms with van der Waals surface area (Å²) in [6.45, 7) is 1.95. The average molecular weight is 628 g/mol. The van der Waals surface area contributed by atoms with Crippen molar-refractivity contribution in [2.45, 2.75) is 6.92 Å². The summed E-state index contributed by atoms with van der Waals surface area (Å²) in [6, 6.07) is 18.6. The summed E-state index contributed by atoms with van der Waals surface area (Å²) in [4.78, 5) is 26.7. The predicted octanol–water partition coefficient (Wildman–Crippen LogP) is 5.22. The second-order valence-corrected chi connectivity index (χ2v) is 13.0. The molecule has 6 aromatic rings. The fraction of sp³-hybridized carbons (Fsp3) is 0.182. The molecule has 0 spiro atoms. The summed E-state index contributed by atoms with van der Waals surface area (Å²) in [5, 5.41) is 7.95. The van der Waals surface area contributed by atoms with E-state index in [2.05, 4.69) is 10.4 Å². The topological polar surface area (TPSA) is 119 Å². The molecule has 0 aliphatic carbocycles. The molecule has 3 heterocycles. The fourth-order valence-corrected chi connectivity index (χ4v) is 6.05. The second kappa shape index (κ2) is 10.7. The number of aryl methyl sites for hydroxylation is 3. The van der Waals surface area contributed by atoms with Gasteiger partial charge in [0.2, 0.25) is 10.0 Å². The molecule has 0 fully saturated rings. The molecule has 1 N–H and O–H groups in total. The van der Waals surface area contributed by atoms with Crippen LogP contribution in [0.2, 0.25) is 0 Å². The molecule has 6 rings (SSSR count). The third kappa shape index (κ3) is 4.96. The lowest BCUT2D eigenvalue weighted by Gasteiger charge is -2.20. The van der Waals surface area contributed by atoms with Crippen LogP contribution >= 0.6 is 0 Å². The molecule has 0 saturated carbocycles. The zero-order valence-corrected chi connectivity index (χ0v) is 26.3. The molecular formula is C33H30FN5O5S. The van der Waals surface area contributed by atoms with Crippen LogP contribution in [0.15, 0.2) is 75.9 Å². The summed E-state index contributed by atoms with van der Waals surface area (Å²) in [7, 11) is 2.36. The SMILES string of the molecule is CNC(=O)c1c(-c2ccc(C)cc2)oc2cc(N(C)S(C)(=O)=O)c(-c3cc(-c4cc5c(F)cccc5n4C)c(=O)n(C)n3)cc12. The highest BCUT2D eigenvalue weighted by molar-refractivity contribution is 7.92.